The third-order valence-electron chi connectivity index (χ3n) is 1.91. The van der Waals surface area contributed by atoms with E-state index in [0.717, 1.165) is 13.2 Å². The predicted molar refractivity (Wildman–Crippen MR) is 55.5 cm³/mol. The Labute approximate surface area is 95.9 Å². The van der Waals surface area contributed by atoms with Gasteiger partial charge in [-0.1, -0.05) is 12.2 Å². The molecule has 0 N–H and O–H groups in total. The number of aldehydes is 1. The van der Waals surface area contributed by atoms with Crippen LogP contribution in [-0.2, 0) is 11.0 Å². The molecular weight excluding hydrogens is 235 g/mol. The lowest BCUT2D eigenvalue weighted by atomic mass is 10.1. The SMILES string of the molecule is COc1ncc(C=CCC=O)cc1C(F)(F)F. The molecule has 1 heterocycles. The van der Waals surface area contributed by atoms with Crippen LogP contribution in [-0.4, -0.2) is 18.4 Å². The molecule has 0 atom stereocenters. The normalized spacial score (nSPS) is 11.8. The van der Waals surface area contributed by atoms with Crippen molar-refractivity contribution in [2.45, 2.75) is 12.6 Å². The third kappa shape index (κ3) is 3.58. The maximum Gasteiger partial charge on any atom is 0.421 e. The monoisotopic (exact) mass is 245 g/mol. The molecule has 0 saturated heterocycles. The molecule has 17 heavy (non-hydrogen) atoms. The van der Waals surface area contributed by atoms with E-state index in [2.05, 4.69) is 9.72 Å². The highest BCUT2D eigenvalue weighted by molar-refractivity contribution is 5.58. The molecule has 92 valence electrons. The topological polar surface area (TPSA) is 39.2 Å². The Hall–Kier alpha value is -1.85. The van der Waals surface area contributed by atoms with Gasteiger partial charge in [0.1, 0.15) is 11.8 Å². The van der Waals surface area contributed by atoms with Crippen molar-refractivity contribution >= 4 is 12.4 Å². The fraction of sp³-hybridized carbons (Fsp3) is 0.273. The fourth-order valence-electron chi connectivity index (χ4n) is 1.18. The summed E-state index contributed by atoms with van der Waals surface area (Å²) in [7, 11) is 1.12. The first-order valence-corrected chi connectivity index (χ1v) is 4.70. The van der Waals surface area contributed by atoms with Crippen LogP contribution >= 0.6 is 0 Å². The number of methoxy groups -OCH3 is 1. The Balaban J connectivity index is 3.09. The van der Waals surface area contributed by atoms with Crippen LogP contribution in [0.3, 0.4) is 0 Å². The van der Waals surface area contributed by atoms with Crippen LogP contribution in [0.25, 0.3) is 6.08 Å². The van der Waals surface area contributed by atoms with Gasteiger partial charge in [0.2, 0.25) is 5.88 Å². The molecule has 0 aliphatic carbocycles. The lowest BCUT2D eigenvalue weighted by Crippen LogP contribution is -2.09. The van der Waals surface area contributed by atoms with Gasteiger partial charge < -0.3 is 9.53 Å². The smallest absolute Gasteiger partial charge is 0.421 e. The molecule has 3 nitrogen and oxygen atoms in total. The molecule has 1 aromatic heterocycles. The van der Waals surface area contributed by atoms with Gasteiger partial charge in [-0.25, -0.2) is 4.98 Å². The summed E-state index contributed by atoms with van der Waals surface area (Å²) in [5.41, 5.74) is -0.673. The summed E-state index contributed by atoms with van der Waals surface area (Å²) in [5, 5.41) is 0. The van der Waals surface area contributed by atoms with Gasteiger partial charge >= 0.3 is 6.18 Å². The number of halogens is 3. The van der Waals surface area contributed by atoms with Crippen molar-refractivity contribution < 1.29 is 22.7 Å². The number of aromatic nitrogens is 1. The number of allylic oxidation sites excluding steroid dienone is 1. The zero-order valence-electron chi connectivity index (χ0n) is 8.99. The van der Waals surface area contributed by atoms with Crippen LogP contribution < -0.4 is 4.74 Å². The first kappa shape index (κ1) is 13.2. The van der Waals surface area contributed by atoms with Gasteiger partial charge in [-0.2, -0.15) is 13.2 Å². The zero-order chi connectivity index (χ0) is 12.9. The minimum Gasteiger partial charge on any atom is -0.481 e. The van der Waals surface area contributed by atoms with E-state index in [-0.39, 0.29) is 12.0 Å². The van der Waals surface area contributed by atoms with Crippen LogP contribution in [0.2, 0.25) is 0 Å². The van der Waals surface area contributed by atoms with E-state index in [1.165, 1.54) is 18.3 Å². The highest BCUT2D eigenvalue weighted by Crippen LogP contribution is 2.35. The summed E-state index contributed by atoms with van der Waals surface area (Å²) in [6.45, 7) is 0. The Morgan fingerprint density at radius 3 is 2.71 bits per heavy atom. The predicted octanol–water partition coefficient (Wildman–Crippen LogP) is 2.71. The van der Waals surface area contributed by atoms with E-state index in [0.29, 0.717) is 6.29 Å². The van der Waals surface area contributed by atoms with Gasteiger partial charge in [0, 0.05) is 12.6 Å². The maximum absolute atomic E-state index is 12.6. The summed E-state index contributed by atoms with van der Waals surface area (Å²) >= 11 is 0. The number of carbonyl (C=O) groups excluding carboxylic acids is 1. The second-order valence-corrected chi connectivity index (χ2v) is 3.13. The number of hydrogen-bond acceptors (Lipinski definition) is 3. The van der Waals surface area contributed by atoms with E-state index in [1.54, 1.807) is 0 Å². The number of carbonyl (C=O) groups is 1. The summed E-state index contributed by atoms with van der Waals surface area (Å²) in [6.07, 6.45) is 0.375. The summed E-state index contributed by atoms with van der Waals surface area (Å²) in [4.78, 5) is 13.6. The van der Waals surface area contributed by atoms with Crippen molar-refractivity contribution in [3.05, 3.63) is 29.5 Å². The van der Waals surface area contributed by atoms with E-state index in [9.17, 15) is 18.0 Å². The maximum atomic E-state index is 12.6. The van der Waals surface area contributed by atoms with Crippen LogP contribution in [0.15, 0.2) is 18.3 Å². The van der Waals surface area contributed by atoms with Crippen LogP contribution in [0.5, 0.6) is 5.88 Å². The van der Waals surface area contributed by atoms with Crippen LogP contribution in [0.1, 0.15) is 17.5 Å². The zero-order valence-corrected chi connectivity index (χ0v) is 8.99. The lowest BCUT2D eigenvalue weighted by Gasteiger charge is -2.11. The van der Waals surface area contributed by atoms with Gasteiger partial charge in [-0.05, 0) is 11.6 Å². The van der Waals surface area contributed by atoms with Gasteiger partial charge in [0.25, 0.3) is 0 Å². The van der Waals surface area contributed by atoms with E-state index < -0.39 is 17.6 Å². The fourth-order valence-corrected chi connectivity index (χ4v) is 1.18. The number of nitrogens with zero attached hydrogens (tertiary/aromatic N) is 1. The molecular formula is C11H10F3NO2. The molecule has 0 aliphatic rings. The molecule has 0 unspecified atom stereocenters. The highest BCUT2D eigenvalue weighted by atomic mass is 19.4. The number of alkyl halides is 3. The lowest BCUT2D eigenvalue weighted by molar-refractivity contribution is -0.139. The van der Waals surface area contributed by atoms with Crippen molar-refractivity contribution in [2.75, 3.05) is 7.11 Å². The van der Waals surface area contributed by atoms with Crippen LogP contribution in [0.4, 0.5) is 13.2 Å². The standard InChI is InChI=1S/C11H10F3NO2/c1-17-10-9(11(12,13)14)6-8(7-15-10)4-2-3-5-16/h2,4-7H,3H2,1H3. The highest BCUT2D eigenvalue weighted by Gasteiger charge is 2.35. The molecule has 0 amide bonds. The Kier molecular flexibility index (Phi) is 4.25. The molecule has 6 heteroatoms. The van der Waals surface area contributed by atoms with E-state index in [4.69, 9.17) is 0 Å². The molecule has 1 aromatic rings. The molecule has 0 aromatic carbocycles. The first-order chi connectivity index (χ1) is 7.99. The third-order valence-corrected chi connectivity index (χ3v) is 1.91. The van der Waals surface area contributed by atoms with Gasteiger partial charge in [-0.15, -0.1) is 0 Å². The summed E-state index contributed by atoms with van der Waals surface area (Å²) in [5.74, 6) is -0.468. The Morgan fingerprint density at radius 2 is 2.18 bits per heavy atom. The Bertz CT molecular complexity index is 427. The average Bonchev–Trinajstić information content (AvgIpc) is 2.28. The molecule has 0 aliphatic heterocycles. The first-order valence-electron chi connectivity index (χ1n) is 4.70. The molecule has 0 radical (unpaired) electrons. The Morgan fingerprint density at radius 1 is 1.47 bits per heavy atom. The molecule has 1 rings (SSSR count). The van der Waals surface area contributed by atoms with Gasteiger partial charge in [-0.3, -0.25) is 0 Å². The second kappa shape index (κ2) is 5.47. The summed E-state index contributed by atoms with van der Waals surface area (Å²) < 4.78 is 42.4. The van der Waals surface area contributed by atoms with Crippen molar-refractivity contribution in [1.82, 2.24) is 4.98 Å². The molecule has 0 fully saturated rings. The van der Waals surface area contributed by atoms with Crippen molar-refractivity contribution in [1.29, 1.82) is 0 Å². The van der Waals surface area contributed by atoms with E-state index in [1.807, 2.05) is 0 Å². The van der Waals surface area contributed by atoms with Gasteiger partial charge in [0.15, 0.2) is 0 Å². The molecule has 0 saturated carbocycles. The van der Waals surface area contributed by atoms with Crippen LogP contribution in [0, 0.1) is 0 Å². The second-order valence-electron chi connectivity index (χ2n) is 3.13. The van der Waals surface area contributed by atoms with Crippen molar-refractivity contribution in [3.63, 3.8) is 0 Å². The molecule has 0 bridgehead atoms. The van der Waals surface area contributed by atoms with Gasteiger partial charge in [0.05, 0.1) is 7.11 Å². The number of hydrogen-bond donors (Lipinski definition) is 0. The minimum atomic E-state index is -4.52. The number of pyridine rings is 1. The largest absolute Gasteiger partial charge is 0.481 e. The quantitative estimate of drug-likeness (QED) is 0.765. The van der Waals surface area contributed by atoms with Crippen molar-refractivity contribution in [2.24, 2.45) is 0 Å². The average molecular weight is 245 g/mol. The molecule has 0 spiro atoms. The number of ether oxygens (including phenoxy) is 1. The minimum absolute atomic E-state index is 0.146. The number of rotatable bonds is 4. The van der Waals surface area contributed by atoms with Crippen molar-refractivity contribution in [3.8, 4) is 5.88 Å². The summed E-state index contributed by atoms with van der Waals surface area (Å²) in [6, 6.07) is 0.924. The van der Waals surface area contributed by atoms with E-state index >= 15 is 0 Å².